The number of carbonyl (C=O) groups excluding carboxylic acids is 1. The van der Waals surface area contributed by atoms with Crippen LogP contribution in [0.25, 0.3) is 0 Å². The van der Waals surface area contributed by atoms with Crippen LogP contribution >= 0.6 is 0 Å². The summed E-state index contributed by atoms with van der Waals surface area (Å²) in [6.07, 6.45) is -4.98. The first-order chi connectivity index (χ1) is 14.3. The van der Waals surface area contributed by atoms with E-state index in [9.17, 15) is 23.1 Å². The number of fused-ring (bicyclic) bond motifs is 2. The molecule has 2 N–H and O–H groups in total. The summed E-state index contributed by atoms with van der Waals surface area (Å²) >= 11 is 0. The zero-order valence-corrected chi connectivity index (χ0v) is 15.7. The summed E-state index contributed by atoms with van der Waals surface area (Å²) in [5.74, 6) is -0.591. The highest BCUT2D eigenvalue weighted by atomic mass is 19.4. The van der Waals surface area contributed by atoms with Crippen molar-refractivity contribution in [2.75, 3.05) is 6.54 Å². The molecule has 0 aliphatic carbocycles. The number of amides is 1. The van der Waals surface area contributed by atoms with Crippen LogP contribution in [0.2, 0.25) is 0 Å². The fourth-order valence-corrected chi connectivity index (χ4v) is 3.59. The fraction of sp³-hybridized carbons (Fsp3) is 0.174. The molecule has 4 rings (SSSR count). The van der Waals surface area contributed by atoms with Crippen LogP contribution in [0.3, 0.4) is 0 Å². The summed E-state index contributed by atoms with van der Waals surface area (Å²) in [7, 11) is 0. The van der Waals surface area contributed by atoms with E-state index in [2.05, 4.69) is 5.32 Å². The topological polar surface area (TPSA) is 58.6 Å². The predicted octanol–water partition coefficient (Wildman–Crippen LogP) is 4.49. The van der Waals surface area contributed by atoms with Gasteiger partial charge in [-0.05, 0) is 17.7 Å². The minimum Gasteiger partial charge on any atom is -0.457 e. The first-order valence-electron chi connectivity index (χ1n) is 9.29. The molecule has 1 amide bonds. The summed E-state index contributed by atoms with van der Waals surface area (Å²) in [5, 5.41) is 12.8. The van der Waals surface area contributed by atoms with Crippen molar-refractivity contribution < 1.29 is 27.8 Å². The largest absolute Gasteiger partial charge is 0.457 e. The van der Waals surface area contributed by atoms with E-state index in [0.29, 0.717) is 22.6 Å². The van der Waals surface area contributed by atoms with Gasteiger partial charge in [0.15, 0.2) is 0 Å². The summed E-state index contributed by atoms with van der Waals surface area (Å²) in [6, 6.07) is 20.5. The van der Waals surface area contributed by atoms with E-state index >= 15 is 0 Å². The number of benzene rings is 3. The van der Waals surface area contributed by atoms with Gasteiger partial charge in [-0.15, -0.1) is 0 Å². The number of nitrogens with one attached hydrogen (secondary N) is 1. The summed E-state index contributed by atoms with van der Waals surface area (Å²) in [4.78, 5) is 13.1. The highest BCUT2D eigenvalue weighted by Gasteiger charge is 2.55. The van der Waals surface area contributed by atoms with E-state index in [1.165, 1.54) is 24.3 Å². The standard InChI is InChI=1S/C23H18F3NO3/c24-23(25,26)22(29,15-8-2-1-3-9-15)14-27-21(28)20-16-10-4-6-12-18(16)30-19-13-7-5-11-17(19)20/h1-13,20,29H,14H2,(H,27,28)/t22-/m1/s1. The molecule has 3 aromatic rings. The molecule has 0 aromatic heterocycles. The lowest BCUT2D eigenvalue weighted by atomic mass is 9.86. The van der Waals surface area contributed by atoms with Crippen molar-refractivity contribution in [3.63, 3.8) is 0 Å². The van der Waals surface area contributed by atoms with Crippen LogP contribution in [0, 0.1) is 0 Å². The Kier molecular flexibility index (Phi) is 4.99. The number of hydrogen-bond donors (Lipinski definition) is 2. The number of halogens is 3. The van der Waals surface area contributed by atoms with Gasteiger partial charge in [0.2, 0.25) is 11.5 Å². The van der Waals surface area contributed by atoms with Gasteiger partial charge in [-0.2, -0.15) is 13.2 Å². The number of carbonyl (C=O) groups is 1. The van der Waals surface area contributed by atoms with Gasteiger partial charge in [-0.3, -0.25) is 4.79 Å². The smallest absolute Gasteiger partial charge is 0.423 e. The molecule has 3 aromatic carbocycles. The molecule has 0 bridgehead atoms. The Balaban J connectivity index is 1.66. The Morgan fingerprint density at radius 2 is 1.37 bits per heavy atom. The van der Waals surface area contributed by atoms with Gasteiger partial charge in [0.1, 0.15) is 11.5 Å². The van der Waals surface area contributed by atoms with Gasteiger partial charge >= 0.3 is 6.18 Å². The van der Waals surface area contributed by atoms with Crippen molar-refractivity contribution in [2.24, 2.45) is 0 Å². The number of rotatable bonds is 4. The van der Waals surface area contributed by atoms with E-state index in [1.54, 1.807) is 54.6 Å². The van der Waals surface area contributed by atoms with Crippen LogP contribution in [0.4, 0.5) is 13.2 Å². The molecule has 0 fully saturated rings. The SMILES string of the molecule is O=C(NC[C@@](O)(c1ccccc1)C(F)(F)F)C1c2ccccc2Oc2ccccc21. The average Bonchev–Trinajstić information content (AvgIpc) is 2.75. The predicted molar refractivity (Wildman–Crippen MR) is 104 cm³/mol. The summed E-state index contributed by atoms with van der Waals surface area (Å²) in [5.41, 5.74) is -2.47. The molecule has 4 nitrogen and oxygen atoms in total. The van der Waals surface area contributed by atoms with Gasteiger partial charge in [-0.1, -0.05) is 66.7 Å². The van der Waals surface area contributed by atoms with Crippen molar-refractivity contribution in [1.29, 1.82) is 0 Å². The highest BCUT2D eigenvalue weighted by Crippen LogP contribution is 2.44. The number of hydrogen-bond acceptors (Lipinski definition) is 3. The second-order valence-corrected chi connectivity index (χ2v) is 7.05. The first-order valence-corrected chi connectivity index (χ1v) is 9.29. The lowest BCUT2D eigenvalue weighted by molar-refractivity contribution is -0.264. The Hall–Kier alpha value is -3.32. The van der Waals surface area contributed by atoms with Crippen molar-refractivity contribution in [3.8, 4) is 11.5 Å². The van der Waals surface area contributed by atoms with Crippen LogP contribution in [0.5, 0.6) is 11.5 Å². The normalized spacial score (nSPS) is 15.3. The van der Waals surface area contributed by atoms with E-state index in [4.69, 9.17) is 4.74 Å². The van der Waals surface area contributed by atoms with Gasteiger partial charge < -0.3 is 15.2 Å². The summed E-state index contributed by atoms with van der Waals surface area (Å²) < 4.78 is 47.0. The van der Waals surface area contributed by atoms with Gasteiger partial charge in [0.25, 0.3) is 0 Å². The van der Waals surface area contributed by atoms with E-state index in [1.807, 2.05) is 0 Å². The third-order valence-electron chi connectivity index (χ3n) is 5.18. The van der Waals surface area contributed by atoms with Crippen LogP contribution in [-0.4, -0.2) is 23.7 Å². The van der Waals surface area contributed by atoms with Crippen LogP contribution in [0.15, 0.2) is 78.9 Å². The molecule has 0 unspecified atom stereocenters. The molecule has 0 spiro atoms. The zero-order chi connectivity index (χ0) is 21.4. The third-order valence-corrected chi connectivity index (χ3v) is 5.18. The van der Waals surface area contributed by atoms with Gasteiger partial charge in [-0.25, -0.2) is 0 Å². The van der Waals surface area contributed by atoms with Gasteiger partial charge in [0.05, 0.1) is 12.5 Å². The number of alkyl halides is 3. The molecule has 1 aliphatic rings. The molecule has 1 aliphatic heterocycles. The number of ether oxygens (including phenoxy) is 1. The van der Waals surface area contributed by atoms with Crippen molar-refractivity contribution >= 4 is 5.91 Å². The highest BCUT2D eigenvalue weighted by molar-refractivity contribution is 5.89. The van der Waals surface area contributed by atoms with E-state index < -0.39 is 30.1 Å². The van der Waals surface area contributed by atoms with Crippen LogP contribution in [0.1, 0.15) is 22.6 Å². The van der Waals surface area contributed by atoms with Crippen LogP contribution < -0.4 is 10.1 Å². The monoisotopic (exact) mass is 413 g/mol. The van der Waals surface area contributed by atoms with E-state index in [0.717, 1.165) is 0 Å². The Bertz CT molecular complexity index is 1020. The fourth-order valence-electron chi connectivity index (χ4n) is 3.59. The van der Waals surface area contributed by atoms with Crippen molar-refractivity contribution in [1.82, 2.24) is 5.32 Å². The molecular weight excluding hydrogens is 395 g/mol. The molecule has 1 heterocycles. The molecule has 30 heavy (non-hydrogen) atoms. The molecule has 7 heteroatoms. The maximum absolute atomic E-state index is 13.7. The average molecular weight is 413 g/mol. The maximum atomic E-state index is 13.7. The molecule has 0 radical (unpaired) electrons. The van der Waals surface area contributed by atoms with Gasteiger partial charge in [0, 0.05) is 11.1 Å². The molecule has 0 saturated heterocycles. The Morgan fingerprint density at radius 1 is 0.867 bits per heavy atom. The Morgan fingerprint density at radius 3 is 1.90 bits per heavy atom. The zero-order valence-electron chi connectivity index (χ0n) is 15.7. The Labute approximate surface area is 170 Å². The van der Waals surface area contributed by atoms with Crippen molar-refractivity contribution in [2.45, 2.75) is 17.7 Å². The quantitative estimate of drug-likeness (QED) is 0.663. The number of para-hydroxylation sites is 2. The maximum Gasteiger partial charge on any atom is 0.423 e. The van der Waals surface area contributed by atoms with E-state index in [-0.39, 0.29) is 5.56 Å². The van der Waals surface area contributed by atoms with Crippen LogP contribution in [-0.2, 0) is 10.4 Å². The second-order valence-electron chi connectivity index (χ2n) is 7.05. The molecule has 154 valence electrons. The second kappa shape index (κ2) is 7.50. The molecule has 0 saturated carbocycles. The minimum absolute atomic E-state index is 0.342. The molecule has 1 atom stereocenters. The first kappa shape index (κ1) is 20.0. The lowest BCUT2D eigenvalue weighted by Crippen LogP contribution is -2.51. The van der Waals surface area contributed by atoms with Crippen molar-refractivity contribution in [3.05, 3.63) is 95.6 Å². The summed E-state index contributed by atoms with van der Waals surface area (Å²) in [6.45, 7) is -1.01. The minimum atomic E-state index is -4.98. The third kappa shape index (κ3) is 3.41. The lowest BCUT2D eigenvalue weighted by Gasteiger charge is -2.32. The number of aliphatic hydroxyl groups is 1. The molecular formula is C23H18F3NO3.